The average Bonchev–Trinajstić information content (AvgIpc) is 3.08. The first-order valence-electron chi connectivity index (χ1n) is 14.1. The second-order valence-corrected chi connectivity index (χ2v) is 10.3. The van der Waals surface area contributed by atoms with Gasteiger partial charge in [-0.15, -0.1) is 0 Å². The average molecular weight is 581 g/mol. The minimum absolute atomic E-state index is 0.608. The predicted molar refractivity (Wildman–Crippen MR) is 182 cm³/mol. The topological polar surface area (TPSA) is 18.5 Å². The monoisotopic (exact) mass is 580 g/mol. The highest BCUT2D eigenvalue weighted by Gasteiger charge is 2.17. The molecule has 5 rings (SSSR count). The lowest BCUT2D eigenvalue weighted by atomic mass is 9.85. The molecule has 0 aliphatic carbocycles. The fraction of sp³-hybridized carbons (Fsp3) is 0.0500. The molecule has 0 amide bonds. The summed E-state index contributed by atoms with van der Waals surface area (Å²) in [5.74, 6) is 1.63. The van der Waals surface area contributed by atoms with Crippen molar-refractivity contribution in [1.82, 2.24) is 0 Å². The van der Waals surface area contributed by atoms with Crippen molar-refractivity contribution < 1.29 is 9.47 Å². The van der Waals surface area contributed by atoms with Gasteiger partial charge in [-0.2, -0.15) is 0 Å². The minimum atomic E-state index is 0.608. The highest BCUT2D eigenvalue weighted by atomic mass is 35.5. The molecular formula is C40H33ClO2. The number of rotatable bonds is 10. The molecule has 0 unspecified atom stereocenters. The number of methoxy groups -OCH3 is 2. The normalized spacial score (nSPS) is 11.5. The fourth-order valence-corrected chi connectivity index (χ4v) is 5.18. The van der Waals surface area contributed by atoms with Crippen LogP contribution in [-0.2, 0) is 0 Å². The van der Waals surface area contributed by atoms with Crippen molar-refractivity contribution in [3.63, 3.8) is 0 Å². The first-order chi connectivity index (χ1) is 21.1. The third kappa shape index (κ3) is 7.06. The molecule has 0 atom stereocenters. The van der Waals surface area contributed by atoms with Gasteiger partial charge in [-0.1, -0.05) is 146 Å². The van der Waals surface area contributed by atoms with Crippen LogP contribution in [0.1, 0.15) is 33.4 Å². The molecule has 212 valence electrons. The zero-order valence-electron chi connectivity index (χ0n) is 24.3. The Hall–Kier alpha value is -5.05. The lowest BCUT2D eigenvalue weighted by Gasteiger charge is -2.19. The summed E-state index contributed by atoms with van der Waals surface area (Å²) in [5, 5.41) is 0.608. The Morgan fingerprint density at radius 3 is 1.35 bits per heavy atom. The second kappa shape index (κ2) is 14.2. The smallest absolute Gasteiger partial charge is 0.118 e. The Balaban J connectivity index is 1.64. The molecule has 0 bridgehead atoms. The first-order valence-corrected chi connectivity index (χ1v) is 14.4. The van der Waals surface area contributed by atoms with Gasteiger partial charge in [-0.05, 0) is 68.8 Å². The SMILES string of the molecule is C=C/C(Cl)=C(/C=C/c1ccc(C(=C(c2ccc(OC)cc2)c2ccc(OC)cc2)c2ccccc2)cc1)c1ccccc1. The number of halogens is 1. The summed E-state index contributed by atoms with van der Waals surface area (Å²) >= 11 is 6.54. The van der Waals surface area contributed by atoms with E-state index in [1.54, 1.807) is 20.3 Å². The lowest BCUT2D eigenvalue weighted by molar-refractivity contribution is 0.414. The van der Waals surface area contributed by atoms with E-state index in [1.165, 1.54) is 0 Å². The molecule has 3 heteroatoms. The maximum atomic E-state index is 6.54. The minimum Gasteiger partial charge on any atom is -0.497 e. The molecule has 0 saturated carbocycles. The summed E-state index contributed by atoms with van der Waals surface area (Å²) in [7, 11) is 3.37. The van der Waals surface area contributed by atoms with Crippen LogP contribution in [0.25, 0.3) is 22.8 Å². The van der Waals surface area contributed by atoms with Crippen LogP contribution in [-0.4, -0.2) is 14.2 Å². The maximum absolute atomic E-state index is 6.54. The molecule has 0 radical (unpaired) electrons. The fourth-order valence-electron chi connectivity index (χ4n) is 5.01. The van der Waals surface area contributed by atoms with Crippen LogP contribution in [0.3, 0.4) is 0 Å². The van der Waals surface area contributed by atoms with Gasteiger partial charge < -0.3 is 9.47 Å². The second-order valence-electron chi connectivity index (χ2n) is 9.86. The number of ether oxygens (including phenoxy) is 2. The van der Waals surface area contributed by atoms with E-state index in [0.29, 0.717) is 5.03 Å². The van der Waals surface area contributed by atoms with E-state index in [1.807, 2.05) is 66.7 Å². The van der Waals surface area contributed by atoms with E-state index in [9.17, 15) is 0 Å². The van der Waals surface area contributed by atoms with E-state index < -0.39 is 0 Å². The van der Waals surface area contributed by atoms with E-state index >= 15 is 0 Å². The molecule has 0 spiro atoms. The first kappa shape index (κ1) is 29.4. The highest BCUT2D eigenvalue weighted by Crippen LogP contribution is 2.38. The molecular weight excluding hydrogens is 548 g/mol. The third-order valence-corrected chi connectivity index (χ3v) is 7.59. The Morgan fingerprint density at radius 2 is 0.930 bits per heavy atom. The Bertz CT molecular complexity index is 1700. The van der Waals surface area contributed by atoms with Crippen LogP contribution in [0.5, 0.6) is 11.5 Å². The summed E-state index contributed by atoms with van der Waals surface area (Å²) in [6.07, 6.45) is 5.80. The molecule has 0 aliphatic rings. The molecule has 0 heterocycles. The van der Waals surface area contributed by atoms with Crippen molar-refractivity contribution in [1.29, 1.82) is 0 Å². The van der Waals surface area contributed by atoms with Crippen LogP contribution in [0.15, 0.2) is 157 Å². The number of hydrogen-bond donors (Lipinski definition) is 0. The quantitative estimate of drug-likeness (QED) is 0.121. The molecule has 5 aromatic carbocycles. The molecule has 43 heavy (non-hydrogen) atoms. The Labute approximate surface area is 259 Å². The standard InChI is InChI=1S/C40H33ClO2/c1-4-38(41)37(30-11-7-5-8-12-30)28-17-29-15-18-32(19-16-29)39(31-13-9-6-10-14-31)40(33-20-24-35(42-2)25-21-33)34-22-26-36(43-3)27-23-34/h4-28H,1H2,2-3H3/b28-17+,38-37+. The van der Waals surface area contributed by atoms with Crippen LogP contribution in [0.2, 0.25) is 0 Å². The number of hydrogen-bond acceptors (Lipinski definition) is 2. The van der Waals surface area contributed by atoms with Crippen molar-refractivity contribution in [2.45, 2.75) is 0 Å². The Kier molecular flexibility index (Phi) is 9.74. The summed E-state index contributed by atoms with van der Waals surface area (Å²) in [5.41, 5.74) is 9.68. The van der Waals surface area contributed by atoms with Gasteiger partial charge in [0, 0.05) is 10.6 Å². The van der Waals surface area contributed by atoms with Crippen molar-refractivity contribution in [2.75, 3.05) is 14.2 Å². The van der Waals surface area contributed by atoms with Gasteiger partial charge in [0.05, 0.1) is 14.2 Å². The third-order valence-electron chi connectivity index (χ3n) is 7.23. The van der Waals surface area contributed by atoms with Gasteiger partial charge in [-0.3, -0.25) is 0 Å². The van der Waals surface area contributed by atoms with Gasteiger partial charge in [0.1, 0.15) is 11.5 Å². The molecule has 0 N–H and O–H groups in total. The van der Waals surface area contributed by atoms with Crippen LogP contribution < -0.4 is 9.47 Å². The van der Waals surface area contributed by atoms with Gasteiger partial charge in [0.2, 0.25) is 0 Å². The van der Waals surface area contributed by atoms with Crippen LogP contribution >= 0.6 is 11.6 Å². The van der Waals surface area contributed by atoms with Crippen LogP contribution in [0.4, 0.5) is 0 Å². The van der Waals surface area contributed by atoms with Crippen molar-refractivity contribution in [2.24, 2.45) is 0 Å². The summed E-state index contributed by atoms with van der Waals surface area (Å²) < 4.78 is 10.9. The number of benzene rings is 5. The molecule has 0 aromatic heterocycles. The van der Waals surface area contributed by atoms with Crippen molar-refractivity contribution in [3.8, 4) is 11.5 Å². The van der Waals surface area contributed by atoms with Gasteiger partial charge in [0.15, 0.2) is 0 Å². The maximum Gasteiger partial charge on any atom is 0.118 e. The van der Waals surface area contributed by atoms with Crippen molar-refractivity contribution in [3.05, 3.63) is 191 Å². The van der Waals surface area contributed by atoms with Gasteiger partial charge >= 0.3 is 0 Å². The van der Waals surface area contributed by atoms with E-state index in [0.717, 1.165) is 61.6 Å². The molecule has 5 aromatic rings. The Morgan fingerprint density at radius 1 is 0.535 bits per heavy atom. The summed E-state index contributed by atoms with van der Waals surface area (Å²) in [6, 6.07) is 45.7. The van der Waals surface area contributed by atoms with E-state index in [2.05, 4.69) is 85.5 Å². The molecule has 2 nitrogen and oxygen atoms in total. The number of allylic oxidation sites excluding steroid dienone is 4. The zero-order chi connectivity index (χ0) is 30.0. The van der Waals surface area contributed by atoms with Gasteiger partial charge in [0.25, 0.3) is 0 Å². The van der Waals surface area contributed by atoms with E-state index in [-0.39, 0.29) is 0 Å². The summed E-state index contributed by atoms with van der Waals surface area (Å²) in [6.45, 7) is 3.86. The zero-order valence-corrected chi connectivity index (χ0v) is 25.1. The highest BCUT2D eigenvalue weighted by molar-refractivity contribution is 6.35. The van der Waals surface area contributed by atoms with E-state index in [4.69, 9.17) is 21.1 Å². The van der Waals surface area contributed by atoms with Crippen LogP contribution in [0, 0.1) is 0 Å². The lowest BCUT2D eigenvalue weighted by Crippen LogP contribution is -1.98. The molecule has 0 saturated heterocycles. The molecule has 0 aliphatic heterocycles. The summed E-state index contributed by atoms with van der Waals surface area (Å²) in [4.78, 5) is 0. The van der Waals surface area contributed by atoms with Gasteiger partial charge in [-0.25, -0.2) is 0 Å². The molecule has 0 fully saturated rings. The largest absolute Gasteiger partial charge is 0.497 e. The van der Waals surface area contributed by atoms with Crippen molar-refractivity contribution >= 4 is 34.4 Å². The predicted octanol–water partition coefficient (Wildman–Crippen LogP) is 10.6.